The van der Waals surface area contributed by atoms with E-state index in [9.17, 15) is 9.18 Å². The molecule has 0 aliphatic rings. The summed E-state index contributed by atoms with van der Waals surface area (Å²) in [6, 6.07) is 12.0. The highest BCUT2D eigenvalue weighted by Gasteiger charge is 2.13. The van der Waals surface area contributed by atoms with Gasteiger partial charge in [0.05, 0.1) is 20.8 Å². The summed E-state index contributed by atoms with van der Waals surface area (Å²) in [6.45, 7) is 1.34. The van der Waals surface area contributed by atoms with E-state index in [1.165, 1.54) is 12.1 Å². The number of methoxy groups -OCH3 is 2. The first-order valence-corrected chi connectivity index (χ1v) is 8.43. The van der Waals surface area contributed by atoms with Gasteiger partial charge < -0.3 is 14.8 Å². The Hall–Kier alpha value is -2.60. The molecule has 6 heteroatoms. The standard InChI is InChI=1S/C20H25FN2O3/c1-23(13-16-5-4-6-18(25-2)20(16)26-3)14-19(24)22-12-11-15-7-9-17(21)10-8-15/h4-10H,11-14H2,1-3H3,(H,22,24). The second kappa shape index (κ2) is 9.77. The van der Waals surface area contributed by atoms with Crippen LogP contribution in [0.2, 0.25) is 0 Å². The number of rotatable bonds is 9. The van der Waals surface area contributed by atoms with Crippen LogP contribution in [0.15, 0.2) is 42.5 Å². The summed E-state index contributed by atoms with van der Waals surface area (Å²) >= 11 is 0. The van der Waals surface area contributed by atoms with Crippen LogP contribution in [0, 0.1) is 5.82 Å². The molecule has 0 heterocycles. The maximum atomic E-state index is 12.9. The Morgan fingerprint density at radius 1 is 1.12 bits per heavy atom. The lowest BCUT2D eigenvalue weighted by atomic mass is 10.1. The van der Waals surface area contributed by atoms with Gasteiger partial charge in [-0.15, -0.1) is 0 Å². The molecule has 140 valence electrons. The fraction of sp³-hybridized carbons (Fsp3) is 0.350. The van der Waals surface area contributed by atoms with Crippen LogP contribution in [0.3, 0.4) is 0 Å². The first kappa shape index (κ1) is 19.7. The van der Waals surface area contributed by atoms with Gasteiger partial charge >= 0.3 is 0 Å². The molecule has 2 aromatic rings. The maximum absolute atomic E-state index is 12.9. The highest BCUT2D eigenvalue weighted by atomic mass is 19.1. The van der Waals surface area contributed by atoms with Gasteiger partial charge in [-0.1, -0.05) is 24.3 Å². The topological polar surface area (TPSA) is 50.8 Å². The smallest absolute Gasteiger partial charge is 0.234 e. The maximum Gasteiger partial charge on any atom is 0.234 e. The predicted molar refractivity (Wildman–Crippen MR) is 99.0 cm³/mol. The van der Waals surface area contributed by atoms with Crippen molar-refractivity contribution in [1.29, 1.82) is 0 Å². The molecule has 0 unspecified atom stereocenters. The van der Waals surface area contributed by atoms with E-state index in [-0.39, 0.29) is 18.3 Å². The fourth-order valence-electron chi connectivity index (χ4n) is 2.72. The van der Waals surface area contributed by atoms with Gasteiger partial charge in [-0.2, -0.15) is 0 Å². The molecule has 0 spiro atoms. The molecule has 1 N–H and O–H groups in total. The van der Waals surface area contributed by atoms with Gasteiger partial charge in [0.2, 0.25) is 5.91 Å². The van der Waals surface area contributed by atoms with E-state index in [4.69, 9.17) is 9.47 Å². The predicted octanol–water partition coefficient (Wildman–Crippen LogP) is 2.63. The molecular weight excluding hydrogens is 335 g/mol. The van der Waals surface area contributed by atoms with Crippen molar-refractivity contribution < 1.29 is 18.7 Å². The Labute approximate surface area is 153 Å². The molecule has 0 bridgehead atoms. The number of benzene rings is 2. The van der Waals surface area contributed by atoms with Crippen molar-refractivity contribution in [3.63, 3.8) is 0 Å². The van der Waals surface area contributed by atoms with Crippen LogP contribution in [-0.2, 0) is 17.8 Å². The summed E-state index contributed by atoms with van der Waals surface area (Å²) in [5.74, 6) is 1.03. The molecule has 0 fully saturated rings. The average molecular weight is 360 g/mol. The first-order chi connectivity index (χ1) is 12.5. The van der Waals surface area contributed by atoms with Crippen LogP contribution in [0.1, 0.15) is 11.1 Å². The molecule has 26 heavy (non-hydrogen) atoms. The van der Waals surface area contributed by atoms with Gasteiger partial charge in [0.1, 0.15) is 5.82 Å². The van der Waals surface area contributed by atoms with Crippen molar-refractivity contribution in [1.82, 2.24) is 10.2 Å². The number of nitrogens with zero attached hydrogens (tertiary/aromatic N) is 1. The van der Waals surface area contributed by atoms with Gasteiger partial charge in [0.15, 0.2) is 11.5 Å². The van der Waals surface area contributed by atoms with Crippen molar-refractivity contribution in [2.24, 2.45) is 0 Å². The van der Waals surface area contributed by atoms with Gasteiger partial charge in [-0.3, -0.25) is 9.69 Å². The van der Waals surface area contributed by atoms with Gasteiger partial charge in [0, 0.05) is 18.7 Å². The normalized spacial score (nSPS) is 10.7. The third kappa shape index (κ3) is 5.74. The molecule has 0 aliphatic heterocycles. The van der Waals surface area contributed by atoms with E-state index in [0.717, 1.165) is 11.1 Å². The molecule has 2 aromatic carbocycles. The summed E-state index contributed by atoms with van der Waals surface area (Å²) in [7, 11) is 5.07. The van der Waals surface area contributed by atoms with E-state index in [1.54, 1.807) is 26.4 Å². The van der Waals surface area contributed by atoms with Crippen LogP contribution in [0.25, 0.3) is 0 Å². The zero-order valence-electron chi connectivity index (χ0n) is 15.4. The summed E-state index contributed by atoms with van der Waals surface area (Å²) in [4.78, 5) is 14.0. The number of halogens is 1. The van der Waals surface area contributed by atoms with Crippen molar-refractivity contribution >= 4 is 5.91 Å². The molecule has 0 saturated carbocycles. The average Bonchev–Trinajstić information content (AvgIpc) is 2.63. The lowest BCUT2D eigenvalue weighted by molar-refractivity contribution is -0.122. The van der Waals surface area contributed by atoms with Crippen LogP contribution in [0.4, 0.5) is 4.39 Å². The quantitative estimate of drug-likeness (QED) is 0.747. The lowest BCUT2D eigenvalue weighted by Crippen LogP contribution is -2.35. The van der Waals surface area contributed by atoms with E-state index < -0.39 is 0 Å². The zero-order chi connectivity index (χ0) is 18.9. The number of amides is 1. The highest BCUT2D eigenvalue weighted by molar-refractivity contribution is 5.78. The van der Waals surface area contributed by atoms with Crippen molar-refractivity contribution in [3.05, 3.63) is 59.4 Å². The highest BCUT2D eigenvalue weighted by Crippen LogP contribution is 2.31. The van der Waals surface area contributed by atoms with Crippen molar-refractivity contribution in [2.45, 2.75) is 13.0 Å². The number of carbonyl (C=O) groups is 1. The number of hydrogen-bond acceptors (Lipinski definition) is 4. The Balaban J connectivity index is 1.81. The molecule has 0 radical (unpaired) electrons. The summed E-state index contributed by atoms with van der Waals surface area (Å²) in [6.07, 6.45) is 0.666. The summed E-state index contributed by atoms with van der Waals surface area (Å²) in [5, 5.41) is 2.88. The third-order valence-corrected chi connectivity index (χ3v) is 3.99. The molecule has 5 nitrogen and oxygen atoms in total. The van der Waals surface area contributed by atoms with Crippen LogP contribution >= 0.6 is 0 Å². The van der Waals surface area contributed by atoms with E-state index in [0.29, 0.717) is 31.0 Å². The minimum atomic E-state index is -0.257. The minimum absolute atomic E-state index is 0.0588. The number of hydrogen-bond donors (Lipinski definition) is 1. The van der Waals surface area contributed by atoms with Crippen LogP contribution < -0.4 is 14.8 Å². The van der Waals surface area contributed by atoms with Crippen LogP contribution in [-0.4, -0.2) is 45.2 Å². The Morgan fingerprint density at radius 3 is 2.50 bits per heavy atom. The monoisotopic (exact) mass is 360 g/mol. The van der Waals surface area contributed by atoms with Crippen molar-refractivity contribution in [3.8, 4) is 11.5 Å². The first-order valence-electron chi connectivity index (χ1n) is 8.43. The van der Waals surface area contributed by atoms with E-state index >= 15 is 0 Å². The molecule has 2 rings (SSSR count). The zero-order valence-corrected chi connectivity index (χ0v) is 15.4. The molecule has 0 aliphatic carbocycles. The van der Waals surface area contributed by atoms with E-state index in [2.05, 4.69) is 5.32 Å². The largest absolute Gasteiger partial charge is 0.493 e. The second-order valence-corrected chi connectivity index (χ2v) is 6.05. The SMILES string of the molecule is COc1cccc(CN(C)CC(=O)NCCc2ccc(F)cc2)c1OC. The van der Waals surface area contributed by atoms with Gasteiger partial charge in [-0.05, 0) is 37.2 Å². The van der Waals surface area contributed by atoms with Gasteiger partial charge in [0.25, 0.3) is 0 Å². The summed E-state index contributed by atoms with van der Waals surface area (Å²) < 4.78 is 23.6. The molecular formula is C20H25FN2O3. The Morgan fingerprint density at radius 2 is 1.85 bits per heavy atom. The number of nitrogens with one attached hydrogen (secondary N) is 1. The van der Waals surface area contributed by atoms with Crippen LogP contribution in [0.5, 0.6) is 11.5 Å². The third-order valence-electron chi connectivity index (χ3n) is 3.99. The van der Waals surface area contributed by atoms with E-state index in [1.807, 2.05) is 30.1 Å². The molecule has 0 aromatic heterocycles. The second-order valence-electron chi connectivity index (χ2n) is 6.05. The Kier molecular flexibility index (Phi) is 7.41. The summed E-state index contributed by atoms with van der Waals surface area (Å²) in [5.41, 5.74) is 1.94. The molecule has 0 atom stereocenters. The number of para-hydroxylation sites is 1. The Bertz CT molecular complexity index is 719. The number of carbonyl (C=O) groups excluding carboxylic acids is 1. The van der Waals surface area contributed by atoms with Crippen molar-refractivity contribution in [2.75, 3.05) is 34.4 Å². The fourth-order valence-corrected chi connectivity index (χ4v) is 2.72. The lowest BCUT2D eigenvalue weighted by Gasteiger charge is -2.19. The number of ether oxygens (including phenoxy) is 2. The minimum Gasteiger partial charge on any atom is -0.493 e. The van der Waals surface area contributed by atoms with Gasteiger partial charge in [-0.25, -0.2) is 4.39 Å². The molecule has 0 saturated heterocycles. The molecule has 1 amide bonds. The number of likely N-dealkylation sites (N-methyl/N-ethyl adjacent to an activating group) is 1.